The highest BCUT2D eigenvalue weighted by atomic mass is 15.3. The standard InChI is InChI=1S/C21H33N7/c1-5-22-21(24-14-20-16(2)26-27(4)17(20)3)25-18-9-12-28(13-10-18)15-19-8-6-7-11-23-19/h6-8,11,18H,5,9-10,12-15H2,1-4H3,(H2,22,24,25). The second kappa shape index (κ2) is 9.68. The van der Waals surface area contributed by atoms with Gasteiger partial charge in [0.05, 0.1) is 17.9 Å². The van der Waals surface area contributed by atoms with Crippen LogP contribution in [-0.2, 0) is 20.1 Å². The monoisotopic (exact) mass is 383 g/mol. The van der Waals surface area contributed by atoms with Crippen molar-refractivity contribution in [2.75, 3.05) is 19.6 Å². The maximum Gasteiger partial charge on any atom is 0.191 e. The molecule has 0 bridgehead atoms. The van der Waals surface area contributed by atoms with Gasteiger partial charge < -0.3 is 10.6 Å². The molecule has 2 aromatic rings. The Morgan fingerprint density at radius 2 is 2.04 bits per heavy atom. The summed E-state index contributed by atoms with van der Waals surface area (Å²) in [7, 11) is 1.98. The highest BCUT2D eigenvalue weighted by Crippen LogP contribution is 2.14. The highest BCUT2D eigenvalue weighted by Gasteiger charge is 2.20. The molecule has 2 N–H and O–H groups in total. The predicted molar refractivity (Wildman–Crippen MR) is 113 cm³/mol. The molecule has 7 heteroatoms. The van der Waals surface area contributed by atoms with E-state index in [4.69, 9.17) is 4.99 Å². The van der Waals surface area contributed by atoms with Gasteiger partial charge in [-0.05, 0) is 45.7 Å². The number of nitrogens with zero attached hydrogens (tertiary/aromatic N) is 5. The van der Waals surface area contributed by atoms with E-state index >= 15 is 0 Å². The van der Waals surface area contributed by atoms with Gasteiger partial charge in [0.25, 0.3) is 0 Å². The maximum atomic E-state index is 4.82. The zero-order chi connectivity index (χ0) is 19.9. The molecule has 0 atom stereocenters. The Bertz CT molecular complexity index is 774. The van der Waals surface area contributed by atoms with Gasteiger partial charge in [0.15, 0.2) is 5.96 Å². The first-order valence-electron chi connectivity index (χ1n) is 10.2. The van der Waals surface area contributed by atoms with Gasteiger partial charge in [0.2, 0.25) is 0 Å². The molecule has 0 spiro atoms. The Morgan fingerprint density at radius 3 is 2.64 bits per heavy atom. The van der Waals surface area contributed by atoms with Crippen molar-refractivity contribution in [3.63, 3.8) is 0 Å². The third-order valence-corrected chi connectivity index (χ3v) is 5.44. The van der Waals surface area contributed by atoms with Gasteiger partial charge in [-0.25, -0.2) is 4.99 Å². The molecule has 28 heavy (non-hydrogen) atoms. The van der Waals surface area contributed by atoms with Crippen molar-refractivity contribution in [3.8, 4) is 0 Å². The number of rotatable bonds is 6. The molecule has 7 nitrogen and oxygen atoms in total. The third kappa shape index (κ3) is 5.32. The third-order valence-electron chi connectivity index (χ3n) is 5.44. The van der Waals surface area contributed by atoms with Crippen LogP contribution in [0.3, 0.4) is 0 Å². The molecular weight excluding hydrogens is 350 g/mol. The minimum Gasteiger partial charge on any atom is -0.357 e. The normalized spacial score (nSPS) is 16.4. The fourth-order valence-electron chi connectivity index (χ4n) is 3.67. The quantitative estimate of drug-likeness (QED) is 0.591. The van der Waals surface area contributed by atoms with Gasteiger partial charge in [-0.15, -0.1) is 0 Å². The summed E-state index contributed by atoms with van der Waals surface area (Å²) in [6.07, 6.45) is 4.10. The lowest BCUT2D eigenvalue weighted by Gasteiger charge is -2.32. The molecular formula is C21H33N7. The molecule has 2 aromatic heterocycles. The summed E-state index contributed by atoms with van der Waals surface area (Å²) in [5, 5.41) is 11.5. The van der Waals surface area contributed by atoms with E-state index in [1.807, 2.05) is 24.0 Å². The number of piperidine rings is 1. The molecule has 0 aromatic carbocycles. The SMILES string of the molecule is CCNC(=NCc1c(C)nn(C)c1C)NC1CCN(Cc2ccccn2)CC1. The van der Waals surface area contributed by atoms with Gasteiger partial charge >= 0.3 is 0 Å². The Morgan fingerprint density at radius 1 is 1.25 bits per heavy atom. The summed E-state index contributed by atoms with van der Waals surface area (Å²) >= 11 is 0. The lowest BCUT2D eigenvalue weighted by Crippen LogP contribution is -2.48. The van der Waals surface area contributed by atoms with E-state index in [-0.39, 0.29) is 0 Å². The second-order valence-corrected chi connectivity index (χ2v) is 7.48. The molecule has 152 valence electrons. The van der Waals surface area contributed by atoms with Gasteiger partial charge in [-0.3, -0.25) is 14.6 Å². The Hall–Kier alpha value is -2.41. The molecule has 0 saturated carbocycles. The van der Waals surface area contributed by atoms with Crippen LogP contribution in [0.1, 0.15) is 42.4 Å². The summed E-state index contributed by atoms with van der Waals surface area (Å²) in [5.74, 6) is 0.897. The predicted octanol–water partition coefficient (Wildman–Crippen LogP) is 2.15. The van der Waals surface area contributed by atoms with Crippen LogP contribution in [-0.4, -0.2) is 51.3 Å². The summed E-state index contributed by atoms with van der Waals surface area (Å²) in [6.45, 7) is 10.9. The van der Waals surface area contributed by atoms with Crippen LogP contribution in [0, 0.1) is 13.8 Å². The number of aryl methyl sites for hydroxylation is 2. The van der Waals surface area contributed by atoms with Gasteiger partial charge in [0.1, 0.15) is 0 Å². The van der Waals surface area contributed by atoms with Crippen molar-refractivity contribution in [1.29, 1.82) is 0 Å². The van der Waals surface area contributed by atoms with Crippen molar-refractivity contribution < 1.29 is 0 Å². The second-order valence-electron chi connectivity index (χ2n) is 7.48. The fraction of sp³-hybridized carbons (Fsp3) is 0.571. The number of hydrogen-bond acceptors (Lipinski definition) is 4. The summed E-state index contributed by atoms with van der Waals surface area (Å²) in [6, 6.07) is 6.58. The van der Waals surface area contributed by atoms with Crippen LogP contribution in [0.5, 0.6) is 0 Å². The van der Waals surface area contributed by atoms with E-state index in [9.17, 15) is 0 Å². The molecule has 3 rings (SSSR count). The number of guanidine groups is 1. The van der Waals surface area contributed by atoms with Gasteiger partial charge in [-0.1, -0.05) is 6.07 Å². The molecule has 1 saturated heterocycles. The van der Waals surface area contributed by atoms with Crippen LogP contribution in [0.15, 0.2) is 29.4 Å². The van der Waals surface area contributed by atoms with Crippen molar-refractivity contribution in [3.05, 3.63) is 47.0 Å². The molecule has 3 heterocycles. The first-order chi connectivity index (χ1) is 13.6. The van der Waals surface area contributed by atoms with Crippen LogP contribution >= 0.6 is 0 Å². The number of aromatic nitrogens is 3. The summed E-state index contributed by atoms with van der Waals surface area (Å²) in [4.78, 5) is 11.7. The zero-order valence-corrected chi connectivity index (χ0v) is 17.6. The van der Waals surface area contributed by atoms with Crippen molar-refractivity contribution in [1.82, 2.24) is 30.3 Å². The molecule has 1 aliphatic heterocycles. The first kappa shape index (κ1) is 20.3. The molecule has 0 unspecified atom stereocenters. The number of nitrogens with one attached hydrogen (secondary N) is 2. The maximum absolute atomic E-state index is 4.82. The van der Waals surface area contributed by atoms with Crippen molar-refractivity contribution >= 4 is 5.96 Å². The van der Waals surface area contributed by atoms with E-state index in [0.29, 0.717) is 12.6 Å². The van der Waals surface area contributed by atoms with E-state index in [0.717, 1.165) is 56.4 Å². The van der Waals surface area contributed by atoms with E-state index in [2.05, 4.69) is 58.5 Å². The Labute approximate surface area is 168 Å². The minimum absolute atomic E-state index is 0.453. The van der Waals surface area contributed by atoms with Gasteiger partial charge in [-0.2, -0.15) is 5.10 Å². The van der Waals surface area contributed by atoms with Crippen LogP contribution in [0.2, 0.25) is 0 Å². The van der Waals surface area contributed by atoms with Gasteiger partial charge in [0, 0.05) is 56.7 Å². The Kier molecular flexibility index (Phi) is 7.03. The highest BCUT2D eigenvalue weighted by molar-refractivity contribution is 5.80. The minimum atomic E-state index is 0.453. The molecule has 1 fully saturated rings. The van der Waals surface area contributed by atoms with E-state index in [1.165, 1.54) is 11.3 Å². The van der Waals surface area contributed by atoms with Crippen LogP contribution in [0.4, 0.5) is 0 Å². The summed E-state index contributed by atoms with van der Waals surface area (Å²) in [5.41, 5.74) is 4.60. The van der Waals surface area contributed by atoms with Crippen molar-refractivity contribution in [2.24, 2.45) is 12.0 Å². The molecule has 0 aliphatic carbocycles. The lowest BCUT2D eigenvalue weighted by molar-refractivity contribution is 0.196. The average molecular weight is 384 g/mol. The summed E-state index contributed by atoms with van der Waals surface area (Å²) < 4.78 is 1.93. The zero-order valence-electron chi connectivity index (χ0n) is 17.6. The van der Waals surface area contributed by atoms with Crippen LogP contribution < -0.4 is 10.6 Å². The molecule has 0 amide bonds. The smallest absolute Gasteiger partial charge is 0.191 e. The first-order valence-corrected chi connectivity index (χ1v) is 10.2. The fourth-order valence-corrected chi connectivity index (χ4v) is 3.67. The van der Waals surface area contributed by atoms with Crippen molar-refractivity contribution in [2.45, 2.75) is 52.7 Å². The number of hydrogen-bond donors (Lipinski definition) is 2. The molecule has 1 aliphatic rings. The van der Waals surface area contributed by atoms with E-state index < -0.39 is 0 Å². The Balaban J connectivity index is 1.53. The van der Waals surface area contributed by atoms with E-state index in [1.54, 1.807) is 0 Å². The number of likely N-dealkylation sites (tertiary alicyclic amines) is 1. The van der Waals surface area contributed by atoms with Crippen LogP contribution in [0.25, 0.3) is 0 Å². The lowest BCUT2D eigenvalue weighted by atomic mass is 10.0. The molecule has 0 radical (unpaired) electrons. The topological polar surface area (TPSA) is 70.4 Å². The number of aliphatic imine (C=N–C) groups is 1. The number of pyridine rings is 1. The largest absolute Gasteiger partial charge is 0.357 e. The average Bonchev–Trinajstić information content (AvgIpc) is 2.94.